The molecule has 0 bridgehead atoms. The SMILES string of the molecule is CC(C)N(C(=O)COC(=O)/C(C#N)=C/c1ccc(N(C)C)cc1)C(C)C. The van der Waals surface area contributed by atoms with E-state index in [2.05, 4.69) is 0 Å². The zero-order valence-electron chi connectivity index (χ0n) is 16.3. The minimum atomic E-state index is -0.801. The summed E-state index contributed by atoms with van der Waals surface area (Å²) in [4.78, 5) is 28.0. The Morgan fingerprint density at radius 3 is 2.08 bits per heavy atom. The number of carbonyl (C=O) groups is 2. The van der Waals surface area contributed by atoms with Crippen molar-refractivity contribution in [2.45, 2.75) is 39.8 Å². The van der Waals surface area contributed by atoms with Gasteiger partial charge in [-0.1, -0.05) is 12.1 Å². The molecule has 0 aliphatic heterocycles. The molecule has 0 N–H and O–H groups in total. The van der Waals surface area contributed by atoms with Crippen LogP contribution >= 0.6 is 0 Å². The Hall–Kier alpha value is -2.81. The predicted octanol–water partition coefficient (Wildman–Crippen LogP) is 2.85. The second-order valence-corrected chi connectivity index (χ2v) is 6.72. The molecule has 0 aromatic heterocycles. The van der Waals surface area contributed by atoms with Crippen molar-refractivity contribution >= 4 is 23.6 Å². The third-order valence-corrected chi connectivity index (χ3v) is 3.79. The number of amides is 1. The molecular weight excluding hydrogens is 330 g/mol. The molecule has 1 rings (SSSR count). The van der Waals surface area contributed by atoms with E-state index in [9.17, 15) is 14.9 Å². The number of benzene rings is 1. The standard InChI is InChI=1S/C20H27N3O3/c1-14(2)23(15(3)4)19(24)13-26-20(25)17(12-21)11-16-7-9-18(10-8-16)22(5)6/h7-11,14-15H,13H2,1-6H3/b17-11+. The van der Waals surface area contributed by atoms with Gasteiger partial charge in [-0.25, -0.2) is 4.79 Å². The second kappa shape index (κ2) is 9.62. The normalized spacial score (nSPS) is 11.3. The quantitative estimate of drug-likeness (QED) is 0.426. The average molecular weight is 357 g/mol. The fourth-order valence-electron chi connectivity index (χ4n) is 2.62. The molecule has 0 aliphatic carbocycles. The number of rotatable bonds is 7. The van der Waals surface area contributed by atoms with Gasteiger partial charge >= 0.3 is 5.97 Å². The van der Waals surface area contributed by atoms with Gasteiger partial charge in [-0.15, -0.1) is 0 Å². The first kappa shape index (κ1) is 21.2. The highest BCUT2D eigenvalue weighted by atomic mass is 16.5. The van der Waals surface area contributed by atoms with Gasteiger partial charge in [-0.3, -0.25) is 4.79 Å². The topological polar surface area (TPSA) is 73.6 Å². The minimum Gasteiger partial charge on any atom is -0.451 e. The molecule has 6 nitrogen and oxygen atoms in total. The molecule has 0 atom stereocenters. The minimum absolute atomic E-state index is 0.00222. The Morgan fingerprint density at radius 1 is 1.12 bits per heavy atom. The van der Waals surface area contributed by atoms with Gasteiger partial charge in [0, 0.05) is 31.9 Å². The van der Waals surface area contributed by atoms with Crippen LogP contribution < -0.4 is 4.90 Å². The molecule has 0 saturated carbocycles. The van der Waals surface area contributed by atoms with Gasteiger partial charge in [-0.2, -0.15) is 5.26 Å². The molecule has 0 fully saturated rings. The van der Waals surface area contributed by atoms with E-state index in [0.717, 1.165) is 5.69 Å². The lowest BCUT2D eigenvalue weighted by molar-refractivity contribution is -0.150. The summed E-state index contributed by atoms with van der Waals surface area (Å²) in [5.74, 6) is -1.08. The monoisotopic (exact) mass is 357 g/mol. The third-order valence-electron chi connectivity index (χ3n) is 3.79. The van der Waals surface area contributed by atoms with Gasteiger partial charge in [0.15, 0.2) is 6.61 Å². The molecule has 140 valence electrons. The average Bonchev–Trinajstić information content (AvgIpc) is 2.57. The summed E-state index contributed by atoms with van der Waals surface area (Å²) < 4.78 is 5.04. The largest absolute Gasteiger partial charge is 0.451 e. The van der Waals surface area contributed by atoms with Crippen LogP contribution in [0.1, 0.15) is 33.3 Å². The van der Waals surface area contributed by atoms with Crippen LogP contribution in [0.5, 0.6) is 0 Å². The van der Waals surface area contributed by atoms with Gasteiger partial charge in [0.1, 0.15) is 11.6 Å². The molecule has 0 unspecified atom stereocenters. The van der Waals surface area contributed by atoms with Crippen molar-refractivity contribution in [3.8, 4) is 6.07 Å². The molecule has 26 heavy (non-hydrogen) atoms. The number of nitriles is 1. The van der Waals surface area contributed by atoms with Crippen LogP contribution in [0.2, 0.25) is 0 Å². The lowest BCUT2D eigenvalue weighted by atomic mass is 10.1. The molecule has 6 heteroatoms. The Morgan fingerprint density at radius 2 is 1.65 bits per heavy atom. The Labute approximate surface area is 155 Å². The first-order valence-corrected chi connectivity index (χ1v) is 8.54. The van der Waals surface area contributed by atoms with Crippen molar-refractivity contribution in [2.75, 3.05) is 25.6 Å². The smallest absolute Gasteiger partial charge is 0.349 e. The lowest BCUT2D eigenvalue weighted by Gasteiger charge is -2.30. The van der Waals surface area contributed by atoms with E-state index in [1.165, 1.54) is 6.08 Å². The molecule has 1 aromatic carbocycles. The van der Waals surface area contributed by atoms with Gasteiger partial charge in [0.25, 0.3) is 5.91 Å². The summed E-state index contributed by atoms with van der Waals surface area (Å²) in [6.07, 6.45) is 1.45. The molecule has 0 heterocycles. The van der Waals surface area contributed by atoms with Crippen molar-refractivity contribution in [2.24, 2.45) is 0 Å². The summed E-state index contributed by atoms with van der Waals surface area (Å²) in [5.41, 5.74) is 1.58. The van der Waals surface area contributed by atoms with Crippen molar-refractivity contribution in [1.82, 2.24) is 4.90 Å². The van der Waals surface area contributed by atoms with Crippen molar-refractivity contribution in [3.05, 3.63) is 35.4 Å². The molecule has 1 amide bonds. The van der Waals surface area contributed by atoms with E-state index < -0.39 is 5.97 Å². The number of ether oxygens (including phenoxy) is 1. The third kappa shape index (κ3) is 5.92. The molecular formula is C20H27N3O3. The molecule has 0 radical (unpaired) electrons. The van der Waals surface area contributed by atoms with Crippen LogP contribution in [0, 0.1) is 11.3 Å². The van der Waals surface area contributed by atoms with E-state index >= 15 is 0 Å². The van der Waals surface area contributed by atoms with Crippen molar-refractivity contribution in [1.29, 1.82) is 5.26 Å². The lowest BCUT2D eigenvalue weighted by Crippen LogP contribution is -2.44. The van der Waals surface area contributed by atoms with Crippen LogP contribution in [0.3, 0.4) is 0 Å². The van der Waals surface area contributed by atoms with Crippen LogP contribution in [-0.4, -0.2) is 49.6 Å². The molecule has 1 aromatic rings. The van der Waals surface area contributed by atoms with E-state index in [-0.39, 0.29) is 30.2 Å². The summed E-state index contributed by atoms with van der Waals surface area (Å²) >= 11 is 0. The Bertz CT molecular complexity index is 690. The van der Waals surface area contributed by atoms with Crippen molar-refractivity contribution < 1.29 is 14.3 Å². The molecule has 0 aliphatic rings. The molecule has 0 spiro atoms. The number of esters is 1. The maximum Gasteiger partial charge on any atom is 0.349 e. The van der Waals surface area contributed by atoms with Crippen LogP contribution in [0.4, 0.5) is 5.69 Å². The molecule has 0 saturated heterocycles. The summed E-state index contributed by atoms with van der Waals surface area (Å²) in [6, 6.07) is 9.24. The number of carbonyl (C=O) groups excluding carboxylic acids is 2. The summed E-state index contributed by atoms with van der Waals surface area (Å²) in [5, 5.41) is 9.23. The van der Waals surface area contributed by atoms with Gasteiger partial charge in [-0.05, 0) is 51.5 Å². The van der Waals surface area contributed by atoms with E-state index in [4.69, 9.17) is 4.74 Å². The maximum absolute atomic E-state index is 12.2. The Kier molecular flexibility index (Phi) is 7.85. The van der Waals surface area contributed by atoms with Gasteiger partial charge in [0.05, 0.1) is 0 Å². The highest BCUT2D eigenvalue weighted by Crippen LogP contribution is 2.15. The first-order chi connectivity index (χ1) is 12.2. The van der Waals surface area contributed by atoms with Crippen LogP contribution in [0.25, 0.3) is 6.08 Å². The number of anilines is 1. The Balaban J connectivity index is 2.80. The number of nitrogens with zero attached hydrogens (tertiary/aromatic N) is 3. The van der Waals surface area contributed by atoms with Crippen molar-refractivity contribution in [3.63, 3.8) is 0 Å². The van der Waals surface area contributed by atoms with Crippen LogP contribution in [-0.2, 0) is 14.3 Å². The zero-order valence-corrected chi connectivity index (χ0v) is 16.3. The highest BCUT2D eigenvalue weighted by Gasteiger charge is 2.22. The van der Waals surface area contributed by atoms with Crippen LogP contribution in [0.15, 0.2) is 29.8 Å². The van der Waals surface area contributed by atoms with E-state index in [0.29, 0.717) is 5.56 Å². The zero-order chi connectivity index (χ0) is 19.9. The maximum atomic E-state index is 12.2. The fourth-order valence-corrected chi connectivity index (χ4v) is 2.62. The fraction of sp³-hybridized carbons (Fsp3) is 0.450. The highest BCUT2D eigenvalue weighted by molar-refractivity contribution is 5.98. The van der Waals surface area contributed by atoms with Gasteiger partial charge in [0.2, 0.25) is 0 Å². The predicted molar refractivity (Wildman–Crippen MR) is 102 cm³/mol. The summed E-state index contributed by atoms with van der Waals surface area (Å²) in [6.45, 7) is 7.22. The number of hydrogen-bond donors (Lipinski definition) is 0. The second-order valence-electron chi connectivity index (χ2n) is 6.72. The summed E-state index contributed by atoms with van der Waals surface area (Å²) in [7, 11) is 3.86. The van der Waals surface area contributed by atoms with E-state index in [1.54, 1.807) is 4.90 Å². The number of hydrogen-bond acceptors (Lipinski definition) is 5. The first-order valence-electron chi connectivity index (χ1n) is 8.54. The van der Waals surface area contributed by atoms with E-state index in [1.807, 2.05) is 77.0 Å². The van der Waals surface area contributed by atoms with Gasteiger partial charge < -0.3 is 14.5 Å².